The highest BCUT2D eigenvalue weighted by atomic mass is 32.2. The second-order valence-corrected chi connectivity index (χ2v) is 10.3. The molecule has 174 valence electrons. The molecule has 1 saturated heterocycles. The number of carbonyl (C=O) groups excluding carboxylic acids is 1. The number of hydrogen-bond donors (Lipinski definition) is 1. The Labute approximate surface area is 195 Å². The van der Waals surface area contributed by atoms with Crippen LogP contribution in [0.1, 0.15) is 23.1 Å². The second kappa shape index (κ2) is 9.99. The zero-order valence-electron chi connectivity index (χ0n) is 19.1. The fourth-order valence-electron chi connectivity index (χ4n) is 4.22. The van der Waals surface area contributed by atoms with Crippen LogP contribution in [0, 0.1) is 13.8 Å². The van der Waals surface area contributed by atoms with Gasteiger partial charge in [-0.25, -0.2) is 13.1 Å². The largest absolute Gasteiger partial charge is 0.340 e. The van der Waals surface area contributed by atoms with Crippen molar-refractivity contribution in [2.75, 3.05) is 32.7 Å². The van der Waals surface area contributed by atoms with Crippen LogP contribution < -0.4 is 4.72 Å². The van der Waals surface area contributed by atoms with Crippen LogP contribution in [0.4, 0.5) is 0 Å². The van der Waals surface area contributed by atoms with Crippen molar-refractivity contribution in [3.05, 3.63) is 71.4 Å². The summed E-state index contributed by atoms with van der Waals surface area (Å²) in [6.45, 7) is 7.36. The maximum absolute atomic E-state index is 12.6. The van der Waals surface area contributed by atoms with E-state index in [0.717, 1.165) is 36.1 Å². The van der Waals surface area contributed by atoms with E-state index in [9.17, 15) is 13.2 Å². The molecule has 33 heavy (non-hydrogen) atoms. The van der Waals surface area contributed by atoms with Gasteiger partial charge in [0.2, 0.25) is 15.9 Å². The number of fused-ring (bicyclic) bond motifs is 1. The maximum Gasteiger partial charge on any atom is 0.240 e. The van der Waals surface area contributed by atoms with Gasteiger partial charge in [0, 0.05) is 57.3 Å². The van der Waals surface area contributed by atoms with Gasteiger partial charge in [0.05, 0.1) is 10.4 Å². The first-order chi connectivity index (χ1) is 15.8. The summed E-state index contributed by atoms with van der Waals surface area (Å²) < 4.78 is 27.8. The average Bonchev–Trinajstić information content (AvgIpc) is 2.81. The van der Waals surface area contributed by atoms with Gasteiger partial charge in [-0.3, -0.25) is 14.7 Å². The molecule has 1 fully saturated rings. The lowest BCUT2D eigenvalue weighted by molar-refractivity contribution is -0.132. The number of carbonyl (C=O) groups is 1. The molecule has 0 unspecified atom stereocenters. The first-order valence-corrected chi connectivity index (χ1v) is 12.7. The summed E-state index contributed by atoms with van der Waals surface area (Å²) in [4.78, 5) is 21.6. The molecular weight excluding hydrogens is 436 g/mol. The van der Waals surface area contributed by atoms with Gasteiger partial charge in [-0.1, -0.05) is 36.4 Å². The summed E-state index contributed by atoms with van der Waals surface area (Å²) in [7, 11) is -3.64. The number of sulfonamides is 1. The average molecular weight is 467 g/mol. The Morgan fingerprint density at radius 1 is 1.03 bits per heavy atom. The fourth-order valence-corrected chi connectivity index (χ4v) is 5.58. The molecule has 1 aliphatic rings. The third kappa shape index (κ3) is 5.58. The van der Waals surface area contributed by atoms with Gasteiger partial charge in [-0.05, 0) is 42.7 Å². The van der Waals surface area contributed by atoms with Gasteiger partial charge >= 0.3 is 0 Å². The summed E-state index contributed by atoms with van der Waals surface area (Å²) in [6, 6.07) is 15.6. The maximum atomic E-state index is 12.6. The molecule has 1 aromatic heterocycles. The Morgan fingerprint density at radius 3 is 2.58 bits per heavy atom. The quantitative estimate of drug-likeness (QED) is 0.579. The molecule has 1 aliphatic heterocycles. The molecule has 4 rings (SSSR count). The van der Waals surface area contributed by atoms with Gasteiger partial charge in [0.15, 0.2) is 0 Å². The van der Waals surface area contributed by atoms with E-state index in [1.807, 2.05) is 30.2 Å². The molecule has 1 N–H and O–H groups in total. The molecule has 7 nitrogen and oxygen atoms in total. The lowest BCUT2D eigenvalue weighted by Crippen LogP contribution is -2.48. The van der Waals surface area contributed by atoms with E-state index >= 15 is 0 Å². The second-order valence-electron chi connectivity index (χ2n) is 8.57. The Kier molecular flexibility index (Phi) is 7.07. The third-order valence-corrected chi connectivity index (χ3v) is 7.70. The molecule has 0 saturated carbocycles. The monoisotopic (exact) mass is 466 g/mol. The molecule has 8 heteroatoms. The SMILES string of the molecule is Cc1ccc(C)c(S(=O)(=O)NCCC(=O)N2CCN(Cc3cccc4cccnc34)CC2)c1. The summed E-state index contributed by atoms with van der Waals surface area (Å²) >= 11 is 0. The Morgan fingerprint density at radius 2 is 1.79 bits per heavy atom. The normalized spacial score (nSPS) is 15.2. The van der Waals surface area contributed by atoms with Crippen molar-refractivity contribution < 1.29 is 13.2 Å². The minimum atomic E-state index is -3.64. The fraction of sp³-hybridized carbons (Fsp3) is 0.360. The number of para-hydroxylation sites is 1. The van der Waals surface area contributed by atoms with E-state index < -0.39 is 10.0 Å². The Balaban J connectivity index is 1.27. The molecule has 2 heterocycles. The van der Waals surface area contributed by atoms with Crippen molar-refractivity contribution in [2.45, 2.75) is 31.7 Å². The first kappa shape index (κ1) is 23.4. The smallest absolute Gasteiger partial charge is 0.240 e. The predicted molar refractivity (Wildman–Crippen MR) is 129 cm³/mol. The topological polar surface area (TPSA) is 82.6 Å². The number of pyridine rings is 1. The molecule has 0 atom stereocenters. The van der Waals surface area contributed by atoms with Crippen molar-refractivity contribution in [3.63, 3.8) is 0 Å². The standard InChI is InChI=1S/C25H30N4O3S/c1-19-8-9-20(2)23(17-19)33(31,32)27-12-10-24(30)29-15-13-28(14-16-29)18-22-6-3-5-21-7-4-11-26-25(21)22/h3-9,11,17,27H,10,12-16,18H2,1-2H3. The van der Waals surface area contributed by atoms with Crippen molar-refractivity contribution in [2.24, 2.45) is 0 Å². The van der Waals surface area contributed by atoms with Crippen molar-refractivity contribution >= 4 is 26.8 Å². The number of benzene rings is 2. The number of aryl methyl sites for hydroxylation is 2. The molecule has 1 amide bonds. The number of hydrogen-bond acceptors (Lipinski definition) is 5. The number of aromatic nitrogens is 1. The highest BCUT2D eigenvalue weighted by molar-refractivity contribution is 7.89. The van der Waals surface area contributed by atoms with E-state index in [1.54, 1.807) is 19.1 Å². The predicted octanol–water partition coefficient (Wildman–Crippen LogP) is 2.86. The Bertz CT molecular complexity index is 1250. The summed E-state index contributed by atoms with van der Waals surface area (Å²) in [5.74, 6) is -0.0230. The minimum absolute atomic E-state index is 0.0230. The molecule has 0 bridgehead atoms. The first-order valence-electron chi connectivity index (χ1n) is 11.2. The van der Waals surface area contributed by atoms with Crippen LogP contribution in [0.2, 0.25) is 0 Å². The summed E-state index contributed by atoms with van der Waals surface area (Å²) in [5, 5.41) is 1.13. The van der Waals surface area contributed by atoms with Crippen LogP contribution in [-0.4, -0.2) is 61.8 Å². The van der Waals surface area contributed by atoms with Crippen LogP contribution in [0.25, 0.3) is 10.9 Å². The highest BCUT2D eigenvalue weighted by Gasteiger charge is 2.23. The van der Waals surface area contributed by atoms with E-state index in [-0.39, 0.29) is 23.8 Å². The van der Waals surface area contributed by atoms with Gasteiger partial charge in [-0.2, -0.15) is 0 Å². The zero-order chi connectivity index (χ0) is 23.4. The van der Waals surface area contributed by atoms with Crippen molar-refractivity contribution in [1.29, 1.82) is 0 Å². The van der Waals surface area contributed by atoms with Crippen LogP contribution in [0.15, 0.2) is 59.6 Å². The van der Waals surface area contributed by atoms with Crippen LogP contribution in [0.3, 0.4) is 0 Å². The number of rotatable bonds is 7. The van der Waals surface area contributed by atoms with Crippen molar-refractivity contribution in [1.82, 2.24) is 19.5 Å². The van der Waals surface area contributed by atoms with E-state index in [1.165, 1.54) is 5.56 Å². The zero-order valence-corrected chi connectivity index (χ0v) is 19.9. The molecule has 3 aromatic rings. The molecule has 0 radical (unpaired) electrons. The van der Waals surface area contributed by atoms with E-state index in [2.05, 4.69) is 38.9 Å². The van der Waals surface area contributed by atoms with Crippen LogP contribution in [0.5, 0.6) is 0 Å². The molecule has 2 aromatic carbocycles. The number of piperazine rings is 1. The molecule has 0 aliphatic carbocycles. The third-order valence-electron chi connectivity index (χ3n) is 6.10. The minimum Gasteiger partial charge on any atom is -0.340 e. The number of nitrogens with zero attached hydrogens (tertiary/aromatic N) is 3. The van der Waals surface area contributed by atoms with Crippen molar-refractivity contribution in [3.8, 4) is 0 Å². The molecule has 0 spiro atoms. The summed E-state index contributed by atoms with van der Waals surface area (Å²) in [5.41, 5.74) is 3.79. The molecular formula is C25H30N4O3S. The number of amides is 1. The van der Waals surface area contributed by atoms with Gasteiger partial charge in [0.1, 0.15) is 0 Å². The highest BCUT2D eigenvalue weighted by Crippen LogP contribution is 2.19. The summed E-state index contributed by atoms with van der Waals surface area (Å²) in [6.07, 6.45) is 1.97. The lowest BCUT2D eigenvalue weighted by Gasteiger charge is -2.35. The van der Waals surface area contributed by atoms with Crippen LogP contribution >= 0.6 is 0 Å². The van der Waals surface area contributed by atoms with Gasteiger partial charge in [0.25, 0.3) is 0 Å². The lowest BCUT2D eigenvalue weighted by atomic mass is 10.1. The van der Waals surface area contributed by atoms with E-state index in [0.29, 0.717) is 18.7 Å². The van der Waals surface area contributed by atoms with Gasteiger partial charge in [-0.15, -0.1) is 0 Å². The number of nitrogens with one attached hydrogen (secondary N) is 1. The Hall–Kier alpha value is -2.81. The van der Waals surface area contributed by atoms with E-state index in [4.69, 9.17) is 0 Å². The van der Waals surface area contributed by atoms with Gasteiger partial charge < -0.3 is 4.90 Å². The van der Waals surface area contributed by atoms with Crippen LogP contribution in [-0.2, 0) is 21.4 Å².